The van der Waals surface area contributed by atoms with Gasteiger partial charge in [0.05, 0.1) is 18.3 Å². The van der Waals surface area contributed by atoms with E-state index in [0.29, 0.717) is 25.3 Å². The Morgan fingerprint density at radius 1 is 1.15 bits per heavy atom. The molecule has 6 heteroatoms. The van der Waals surface area contributed by atoms with Crippen molar-refractivity contribution in [2.75, 3.05) is 13.1 Å². The standard InChI is InChI=1S/C20H24BrN3O2/c21-16-9-7-15(8-10-16)20-17(23-11-3-6-18(23)25)13-24(22-20)19(26)12-14-4-1-2-5-14/h7-10,14,17H,1-6,11-13H2. The molecule has 1 aromatic carbocycles. The number of rotatable bonds is 4. The topological polar surface area (TPSA) is 53.0 Å². The molecule has 4 rings (SSSR count). The summed E-state index contributed by atoms with van der Waals surface area (Å²) in [5.74, 6) is 0.770. The second-order valence-electron chi connectivity index (χ2n) is 7.53. The van der Waals surface area contributed by atoms with Crippen LogP contribution in [0.3, 0.4) is 0 Å². The average molecular weight is 418 g/mol. The number of benzene rings is 1. The number of nitrogens with zero attached hydrogens (tertiary/aromatic N) is 3. The minimum Gasteiger partial charge on any atom is -0.332 e. The Bertz CT molecular complexity index is 725. The molecule has 2 amide bonds. The van der Waals surface area contributed by atoms with Gasteiger partial charge in [-0.05, 0) is 37.3 Å². The fraction of sp³-hybridized carbons (Fsp3) is 0.550. The molecule has 0 bridgehead atoms. The van der Waals surface area contributed by atoms with E-state index < -0.39 is 0 Å². The van der Waals surface area contributed by atoms with Crippen LogP contribution in [0.15, 0.2) is 33.8 Å². The number of halogens is 1. The van der Waals surface area contributed by atoms with Crippen LogP contribution < -0.4 is 0 Å². The van der Waals surface area contributed by atoms with Crippen LogP contribution in [-0.2, 0) is 9.59 Å². The third kappa shape index (κ3) is 3.56. The zero-order valence-electron chi connectivity index (χ0n) is 14.9. The van der Waals surface area contributed by atoms with Crippen LogP contribution in [0.4, 0.5) is 0 Å². The maximum atomic E-state index is 12.8. The summed E-state index contributed by atoms with van der Waals surface area (Å²) < 4.78 is 1.00. The van der Waals surface area contributed by atoms with Gasteiger partial charge in [-0.1, -0.05) is 40.9 Å². The zero-order valence-corrected chi connectivity index (χ0v) is 16.5. The largest absolute Gasteiger partial charge is 0.332 e. The molecule has 0 spiro atoms. The molecule has 138 valence electrons. The van der Waals surface area contributed by atoms with Crippen molar-refractivity contribution in [3.8, 4) is 0 Å². The van der Waals surface area contributed by atoms with Crippen molar-refractivity contribution in [3.05, 3.63) is 34.3 Å². The molecule has 0 radical (unpaired) electrons. The van der Waals surface area contributed by atoms with Gasteiger partial charge in [0.25, 0.3) is 0 Å². The monoisotopic (exact) mass is 417 g/mol. The van der Waals surface area contributed by atoms with E-state index in [2.05, 4.69) is 21.0 Å². The number of carbonyl (C=O) groups is 2. The van der Waals surface area contributed by atoms with Gasteiger partial charge in [-0.3, -0.25) is 9.59 Å². The number of hydrazone groups is 1. The molecule has 5 nitrogen and oxygen atoms in total. The lowest BCUT2D eigenvalue weighted by Crippen LogP contribution is -2.44. The quantitative estimate of drug-likeness (QED) is 0.751. The Kier molecular flexibility index (Phi) is 5.11. The van der Waals surface area contributed by atoms with Gasteiger partial charge in [0.15, 0.2) is 0 Å². The van der Waals surface area contributed by atoms with E-state index in [4.69, 9.17) is 0 Å². The first-order valence-corrected chi connectivity index (χ1v) is 10.4. The van der Waals surface area contributed by atoms with Gasteiger partial charge in [0, 0.05) is 29.4 Å². The first-order valence-electron chi connectivity index (χ1n) is 9.56. The summed E-state index contributed by atoms with van der Waals surface area (Å²) in [6, 6.07) is 7.83. The van der Waals surface area contributed by atoms with Gasteiger partial charge >= 0.3 is 0 Å². The van der Waals surface area contributed by atoms with Gasteiger partial charge in [-0.15, -0.1) is 0 Å². The van der Waals surface area contributed by atoms with Crippen molar-refractivity contribution in [2.45, 2.75) is 51.0 Å². The van der Waals surface area contributed by atoms with Crippen LogP contribution in [0.25, 0.3) is 0 Å². The molecule has 2 heterocycles. The highest BCUT2D eigenvalue weighted by Gasteiger charge is 2.39. The van der Waals surface area contributed by atoms with Gasteiger partial charge in [0.2, 0.25) is 11.8 Å². The second kappa shape index (κ2) is 7.51. The SMILES string of the molecule is O=C(CC1CCCC1)N1CC(N2CCCC2=O)C(c2ccc(Br)cc2)=N1. The molecule has 0 N–H and O–H groups in total. The predicted octanol–water partition coefficient (Wildman–Crippen LogP) is 3.57. The van der Waals surface area contributed by atoms with Gasteiger partial charge in [-0.2, -0.15) is 5.10 Å². The van der Waals surface area contributed by atoms with E-state index in [9.17, 15) is 9.59 Å². The first-order chi connectivity index (χ1) is 12.6. The Hall–Kier alpha value is -1.69. The van der Waals surface area contributed by atoms with Gasteiger partial charge < -0.3 is 4.90 Å². The van der Waals surface area contributed by atoms with Crippen molar-refractivity contribution in [1.29, 1.82) is 0 Å². The van der Waals surface area contributed by atoms with Crippen LogP contribution in [0.1, 0.15) is 50.5 Å². The molecule has 1 unspecified atom stereocenters. The van der Waals surface area contributed by atoms with E-state index >= 15 is 0 Å². The van der Waals surface area contributed by atoms with E-state index in [0.717, 1.165) is 41.6 Å². The molecule has 1 atom stereocenters. The maximum Gasteiger partial charge on any atom is 0.243 e. The van der Waals surface area contributed by atoms with Crippen LogP contribution in [0, 0.1) is 5.92 Å². The molecule has 1 saturated carbocycles. The smallest absolute Gasteiger partial charge is 0.243 e. The van der Waals surface area contributed by atoms with Crippen LogP contribution in [0.5, 0.6) is 0 Å². The number of amides is 2. The molecule has 26 heavy (non-hydrogen) atoms. The van der Waals surface area contributed by atoms with E-state index in [1.54, 1.807) is 5.01 Å². The molecule has 2 aliphatic heterocycles. The summed E-state index contributed by atoms with van der Waals surface area (Å²) in [5.41, 5.74) is 1.82. The first kappa shape index (κ1) is 17.7. The fourth-order valence-electron chi connectivity index (χ4n) is 4.33. The van der Waals surface area contributed by atoms with E-state index in [-0.39, 0.29) is 17.9 Å². The Balaban J connectivity index is 1.57. The van der Waals surface area contributed by atoms with Crippen molar-refractivity contribution in [2.24, 2.45) is 11.0 Å². The van der Waals surface area contributed by atoms with E-state index in [1.807, 2.05) is 29.2 Å². The normalized spacial score (nSPS) is 23.8. The van der Waals surface area contributed by atoms with Crippen molar-refractivity contribution in [1.82, 2.24) is 9.91 Å². The average Bonchev–Trinajstić information content (AvgIpc) is 3.36. The summed E-state index contributed by atoms with van der Waals surface area (Å²) in [5, 5.41) is 6.30. The fourth-order valence-corrected chi connectivity index (χ4v) is 4.59. The summed E-state index contributed by atoms with van der Waals surface area (Å²) in [6.45, 7) is 1.24. The molecule has 2 fully saturated rings. The minimum absolute atomic E-state index is 0.0978. The Morgan fingerprint density at radius 2 is 1.88 bits per heavy atom. The van der Waals surface area contributed by atoms with E-state index in [1.165, 1.54) is 12.8 Å². The van der Waals surface area contributed by atoms with Gasteiger partial charge in [0.1, 0.15) is 0 Å². The minimum atomic E-state index is -0.126. The van der Waals surface area contributed by atoms with Crippen LogP contribution in [-0.4, -0.2) is 46.6 Å². The van der Waals surface area contributed by atoms with Crippen LogP contribution in [0.2, 0.25) is 0 Å². The highest BCUT2D eigenvalue weighted by Crippen LogP contribution is 2.30. The molecular formula is C20H24BrN3O2. The second-order valence-corrected chi connectivity index (χ2v) is 8.44. The lowest BCUT2D eigenvalue weighted by atomic mass is 10.0. The van der Waals surface area contributed by atoms with Crippen LogP contribution >= 0.6 is 15.9 Å². The molecular weight excluding hydrogens is 394 g/mol. The molecule has 1 aliphatic carbocycles. The molecule has 0 aromatic heterocycles. The predicted molar refractivity (Wildman–Crippen MR) is 104 cm³/mol. The number of likely N-dealkylation sites (tertiary alicyclic amines) is 1. The summed E-state index contributed by atoms with van der Waals surface area (Å²) in [7, 11) is 0. The number of carbonyl (C=O) groups excluding carboxylic acids is 2. The Labute approximate surface area is 162 Å². The molecule has 1 saturated heterocycles. The lowest BCUT2D eigenvalue weighted by Gasteiger charge is -2.25. The third-order valence-electron chi connectivity index (χ3n) is 5.74. The molecule has 3 aliphatic rings. The van der Waals surface area contributed by atoms with Crippen molar-refractivity contribution >= 4 is 33.5 Å². The van der Waals surface area contributed by atoms with Gasteiger partial charge in [-0.25, -0.2) is 5.01 Å². The Morgan fingerprint density at radius 3 is 2.54 bits per heavy atom. The zero-order chi connectivity index (χ0) is 18.1. The highest BCUT2D eigenvalue weighted by atomic mass is 79.9. The maximum absolute atomic E-state index is 12.8. The number of hydrogen-bond donors (Lipinski definition) is 0. The summed E-state index contributed by atoms with van der Waals surface area (Å²) >= 11 is 3.46. The van der Waals surface area contributed by atoms with Crippen molar-refractivity contribution < 1.29 is 9.59 Å². The summed E-state index contributed by atoms with van der Waals surface area (Å²) in [4.78, 5) is 27.0. The summed E-state index contributed by atoms with van der Waals surface area (Å²) in [6.07, 6.45) is 6.83. The lowest BCUT2D eigenvalue weighted by molar-refractivity contribution is -0.134. The highest BCUT2D eigenvalue weighted by molar-refractivity contribution is 9.10. The molecule has 1 aromatic rings. The third-order valence-corrected chi connectivity index (χ3v) is 6.27. The van der Waals surface area contributed by atoms with Crippen molar-refractivity contribution in [3.63, 3.8) is 0 Å². The number of hydrogen-bond acceptors (Lipinski definition) is 3.